The predicted octanol–water partition coefficient (Wildman–Crippen LogP) is 1.54. The van der Waals surface area contributed by atoms with Gasteiger partial charge in [0.25, 0.3) is 0 Å². The zero-order valence-corrected chi connectivity index (χ0v) is 8.07. The van der Waals surface area contributed by atoms with Gasteiger partial charge in [-0.05, 0) is 12.1 Å². The van der Waals surface area contributed by atoms with Crippen LogP contribution in [0.2, 0.25) is 0 Å². The first-order valence-electron chi connectivity index (χ1n) is 4.36. The molecular formula is C10H9NO4. The van der Waals surface area contributed by atoms with Gasteiger partial charge < -0.3 is 9.47 Å². The van der Waals surface area contributed by atoms with E-state index in [1.165, 1.54) is 7.11 Å². The first kappa shape index (κ1) is 9.51. The van der Waals surface area contributed by atoms with E-state index in [-0.39, 0.29) is 6.61 Å². The molecule has 0 aliphatic carbocycles. The van der Waals surface area contributed by atoms with Crippen molar-refractivity contribution < 1.29 is 19.1 Å². The third-order valence-electron chi connectivity index (χ3n) is 2.17. The topological polar surface area (TPSA) is 64.6 Å². The van der Waals surface area contributed by atoms with Crippen LogP contribution in [0.25, 0.3) is 0 Å². The maximum Gasteiger partial charge on any atom is 0.411 e. The number of rotatable bonds is 1. The molecule has 0 atom stereocenters. The molecule has 5 nitrogen and oxygen atoms in total. The fraction of sp³-hybridized carbons (Fsp3) is 0.200. The van der Waals surface area contributed by atoms with Gasteiger partial charge in [-0.3, -0.25) is 5.32 Å². The molecule has 1 aliphatic heterocycles. The molecule has 1 heterocycles. The molecule has 15 heavy (non-hydrogen) atoms. The summed E-state index contributed by atoms with van der Waals surface area (Å²) in [6.07, 6.45) is -0.510. The summed E-state index contributed by atoms with van der Waals surface area (Å²) in [5.41, 5.74) is 1.65. The van der Waals surface area contributed by atoms with Crippen LogP contribution in [0.3, 0.4) is 0 Å². The third-order valence-corrected chi connectivity index (χ3v) is 2.17. The molecule has 0 fully saturated rings. The maximum atomic E-state index is 11.4. The minimum atomic E-state index is -0.510. The van der Waals surface area contributed by atoms with Gasteiger partial charge in [0.15, 0.2) is 0 Å². The zero-order valence-electron chi connectivity index (χ0n) is 8.07. The van der Waals surface area contributed by atoms with E-state index in [2.05, 4.69) is 10.1 Å². The number of anilines is 1. The Morgan fingerprint density at radius 2 is 2.33 bits per heavy atom. The molecule has 1 aliphatic rings. The lowest BCUT2D eigenvalue weighted by molar-refractivity contribution is 0.0595. The van der Waals surface area contributed by atoms with Gasteiger partial charge in [-0.1, -0.05) is 6.07 Å². The van der Waals surface area contributed by atoms with Gasteiger partial charge in [0.2, 0.25) is 0 Å². The minimum absolute atomic E-state index is 0.0897. The Balaban J connectivity index is 2.46. The summed E-state index contributed by atoms with van der Waals surface area (Å²) >= 11 is 0. The Bertz CT molecular complexity index is 427. The smallest absolute Gasteiger partial charge is 0.411 e. The number of amides is 1. The zero-order chi connectivity index (χ0) is 10.8. The molecule has 1 N–H and O–H groups in total. The highest BCUT2D eigenvalue weighted by Gasteiger charge is 2.21. The summed E-state index contributed by atoms with van der Waals surface area (Å²) in [4.78, 5) is 22.3. The van der Waals surface area contributed by atoms with E-state index in [4.69, 9.17) is 4.74 Å². The highest BCUT2D eigenvalue weighted by molar-refractivity contribution is 5.96. The normalized spacial score (nSPS) is 13.5. The van der Waals surface area contributed by atoms with Crippen LogP contribution < -0.4 is 5.32 Å². The molecular weight excluding hydrogens is 198 g/mol. The number of methoxy groups -OCH3 is 1. The molecule has 1 aromatic carbocycles. The molecule has 0 radical (unpaired) electrons. The first-order valence-corrected chi connectivity index (χ1v) is 4.36. The molecule has 0 unspecified atom stereocenters. The van der Waals surface area contributed by atoms with Gasteiger partial charge in [0, 0.05) is 5.56 Å². The molecule has 2 rings (SSSR count). The van der Waals surface area contributed by atoms with Crippen molar-refractivity contribution in [2.75, 3.05) is 12.4 Å². The largest absolute Gasteiger partial charge is 0.465 e. The number of carbonyl (C=O) groups excluding carboxylic acids is 2. The molecule has 0 aromatic heterocycles. The van der Waals surface area contributed by atoms with Crippen LogP contribution in [-0.2, 0) is 16.1 Å². The Labute approximate surface area is 86.0 Å². The number of nitrogens with one attached hydrogen (secondary N) is 1. The lowest BCUT2D eigenvalue weighted by Gasteiger charge is -2.19. The molecule has 0 saturated carbocycles. The van der Waals surface area contributed by atoms with Crippen LogP contribution in [0.5, 0.6) is 0 Å². The van der Waals surface area contributed by atoms with Crippen LogP contribution in [0.4, 0.5) is 10.5 Å². The van der Waals surface area contributed by atoms with Crippen molar-refractivity contribution in [1.29, 1.82) is 0 Å². The summed E-state index contributed by atoms with van der Waals surface area (Å²) in [7, 11) is 1.31. The summed E-state index contributed by atoms with van der Waals surface area (Å²) in [5, 5.41) is 2.51. The standard InChI is InChI=1S/C10H9NO4/c1-14-9(12)6-3-2-4-8-7(6)5-15-10(13)11-8/h2-4H,5H2,1H3,(H,11,13). The van der Waals surface area contributed by atoms with Crippen molar-refractivity contribution >= 4 is 17.7 Å². The van der Waals surface area contributed by atoms with Crippen molar-refractivity contribution in [1.82, 2.24) is 0 Å². The van der Waals surface area contributed by atoms with E-state index >= 15 is 0 Å². The van der Waals surface area contributed by atoms with Gasteiger partial charge in [-0.2, -0.15) is 0 Å². The van der Waals surface area contributed by atoms with Crippen LogP contribution in [0.15, 0.2) is 18.2 Å². The Morgan fingerprint density at radius 1 is 1.53 bits per heavy atom. The fourth-order valence-corrected chi connectivity index (χ4v) is 1.44. The third kappa shape index (κ3) is 1.63. The number of carbonyl (C=O) groups is 2. The first-order chi connectivity index (χ1) is 7.22. The lowest BCUT2D eigenvalue weighted by Crippen LogP contribution is -2.22. The van der Waals surface area contributed by atoms with Gasteiger partial charge in [0.1, 0.15) is 6.61 Å². The molecule has 0 spiro atoms. The van der Waals surface area contributed by atoms with Crippen molar-refractivity contribution in [3.8, 4) is 0 Å². The van der Waals surface area contributed by atoms with Crippen molar-refractivity contribution in [3.05, 3.63) is 29.3 Å². The SMILES string of the molecule is COC(=O)c1cccc2c1COC(=O)N2. The highest BCUT2D eigenvalue weighted by atomic mass is 16.6. The van der Waals surface area contributed by atoms with E-state index in [9.17, 15) is 9.59 Å². The summed E-state index contributed by atoms with van der Waals surface area (Å²) in [6.45, 7) is 0.0897. The van der Waals surface area contributed by atoms with Crippen molar-refractivity contribution in [2.24, 2.45) is 0 Å². The van der Waals surface area contributed by atoms with Gasteiger partial charge >= 0.3 is 12.1 Å². The molecule has 0 saturated heterocycles. The van der Waals surface area contributed by atoms with E-state index in [0.717, 1.165) is 0 Å². The average molecular weight is 207 g/mol. The minimum Gasteiger partial charge on any atom is -0.465 e. The van der Waals surface area contributed by atoms with Crippen molar-refractivity contribution in [2.45, 2.75) is 6.61 Å². The second-order valence-electron chi connectivity index (χ2n) is 3.02. The second-order valence-corrected chi connectivity index (χ2v) is 3.02. The number of benzene rings is 1. The van der Waals surface area contributed by atoms with Gasteiger partial charge in [0.05, 0.1) is 18.4 Å². The number of hydrogen-bond acceptors (Lipinski definition) is 4. The Morgan fingerprint density at radius 3 is 3.07 bits per heavy atom. The van der Waals surface area contributed by atoms with Crippen LogP contribution in [0.1, 0.15) is 15.9 Å². The number of cyclic esters (lactones) is 1. The number of ether oxygens (including phenoxy) is 2. The summed E-state index contributed by atoms with van der Waals surface area (Å²) < 4.78 is 9.40. The lowest BCUT2D eigenvalue weighted by atomic mass is 10.1. The molecule has 0 bridgehead atoms. The molecule has 1 aromatic rings. The monoisotopic (exact) mass is 207 g/mol. The van der Waals surface area contributed by atoms with E-state index < -0.39 is 12.1 Å². The van der Waals surface area contributed by atoms with E-state index in [1.807, 2.05) is 0 Å². The van der Waals surface area contributed by atoms with Crippen LogP contribution in [-0.4, -0.2) is 19.2 Å². The van der Waals surface area contributed by atoms with Crippen molar-refractivity contribution in [3.63, 3.8) is 0 Å². The Kier molecular flexibility index (Phi) is 2.29. The fourth-order valence-electron chi connectivity index (χ4n) is 1.44. The molecule has 1 amide bonds. The van der Waals surface area contributed by atoms with E-state index in [1.54, 1.807) is 18.2 Å². The van der Waals surface area contributed by atoms with Gasteiger partial charge in [-0.15, -0.1) is 0 Å². The highest BCUT2D eigenvalue weighted by Crippen LogP contribution is 2.25. The number of esters is 1. The Hall–Kier alpha value is -2.04. The van der Waals surface area contributed by atoms with Crippen LogP contribution in [0, 0.1) is 0 Å². The van der Waals surface area contributed by atoms with Crippen LogP contribution >= 0.6 is 0 Å². The number of fused-ring (bicyclic) bond motifs is 1. The summed E-state index contributed by atoms with van der Waals surface area (Å²) in [5.74, 6) is -0.438. The van der Waals surface area contributed by atoms with Gasteiger partial charge in [-0.25, -0.2) is 9.59 Å². The maximum absolute atomic E-state index is 11.4. The van der Waals surface area contributed by atoms with E-state index in [0.29, 0.717) is 16.8 Å². The average Bonchev–Trinajstić information content (AvgIpc) is 2.26. The predicted molar refractivity (Wildman–Crippen MR) is 51.6 cm³/mol. The molecule has 5 heteroatoms. The number of hydrogen-bond donors (Lipinski definition) is 1. The molecule has 78 valence electrons. The quantitative estimate of drug-likeness (QED) is 0.709. The summed E-state index contributed by atoms with van der Waals surface area (Å²) in [6, 6.07) is 5.02. The second kappa shape index (κ2) is 3.61.